The van der Waals surface area contributed by atoms with Crippen molar-refractivity contribution in [2.75, 3.05) is 12.0 Å². The van der Waals surface area contributed by atoms with Crippen LogP contribution in [0, 0.1) is 6.92 Å². The van der Waals surface area contributed by atoms with Crippen molar-refractivity contribution in [2.45, 2.75) is 26.4 Å². The van der Waals surface area contributed by atoms with Crippen molar-refractivity contribution >= 4 is 40.6 Å². The molecule has 2 N–H and O–H groups in total. The number of carboxylic acids is 1. The minimum atomic E-state index is -1.08. The van der Waals surface area contributed by atoms with Crippen LogP contribution in [0.4, 0.5) is 10.5 Å². The predicted octanol–water partition coefficient (Wildman–Crippen LogP) is 4.19. The number of nitrogens with zero attached hydrogens (tertiary/aromatic N) is 1. The highest BCUT2D eigenvalue weighted by Crippen LogP contribution is 2.38. The third-order valence-corrected chi connectivity index (χ3v) is 5.49. The number of rotatable bonds is 7. The van der Waals surface area contributed by atoms with E-state index >= 15 is 0 Å². The van der Waals surface area contributed by atoms with Crippen LogP contribution in [0.25, 0.3) is 6.08 Å². The van der Waals surface area contributed by atoms with Crippen molar-refractivity contribution in [3.63, 3.8) is 0 Å². The summed E-state index contributed by atoms with van der Waals surface area (Å²) in [4.78, 5) is 37.9. The van der Waals surface area contributed by atoms with Gasteiger partial charge in [-0.15, -0.1) is 0 Å². The monoisotopic (exact) mass is 443 g/mol. The van der Waals surface area contributed by atoms with Crippen molar-refractivity contribution in [3.05, 3.63) is 52.4 Å². The third-order valence-electron chi connectivity index (χ3n) is 4.62. The molecule has 0 aliphatic carbocycles. The van der Waals surface area contributed by atoms with Gasteiger partial charge in [-0.25, -0.2) is 9.69 Å². The summed E-state index contributed by atoms with van der Waals surface area (Å²) < 4.78 is 10.8. The summed E-state index contributed by atoms with van der Waals surface area (Å²) in [5, 5.41) is 18.3. The van der Waals surface area contributed by atoms with E-state index in [1.54, 1.807) is 38.1 Å². The lowest BCUT2D eigenvalue weighted by Crippen LogP contribution is -2.28. The molecule has 1 saturated heterocycles. The maximum atomic E-state index is 12.9. The van der Waals surface area contributed by atoms with Crippen LogP contribution in [0.1, 0.15) is 24.5 Å². The van der Waals surface area contributed by atoms with Gasteiger partial charge in [0, 0.05) is 0 Å². The highest BCUT2D eigenvalue weighted by Gasteiger charge is 2.37. The number of amides is 2. The van der Waals surface area contributed by atoms with Crippen LogP contribution >= 0.6 is 11.8 Å². The SMILES string of the molecule is CCC(Oc1ccc(/C=C2/SC(=O)N(c3ccc(O)cc3C)C2=O)cc1OC)C(=O)O. The van der Waals surface area contributed by atoms with E-state index in [1.165, 1.54) is 25.3 Å². The number of phenolic OH excluding ortho intramolecular Hbond substituents is 1. The molecule has 2 aromatic rings. The van der Waals surface area contributed by atoms with Crippen molar-refractivity contribution in [2.24, 2.45) is 0 Å². The van der Waals surface area contributed by atoms with E-state index < -0.39 is 23.2 Å². The number of hydrogen-bond donors (Lipinski definition) is 2. The van der Waals surface area contributed by atoms with Crippen molar-refractivity contribution in [3.8, 4) is 17.2 Å². The minimum Gasteiger partial charge on any atom is -0.508 e. The second kappa shape index (κ2) is 9.13. The second-order valence-electron chi connectivity index (χ2n) is 6.75. The molecular weight excluding hydrogens is 422 g/mol. The van der Waals surface area contributed by atoms with Gasteiger partial charge in [0.25, 0.3) is 11.1 Å². The van der Waals surface area contributed by atoms with E-state index in [-0.39, 0.29) is 22.8 Å². The molecule has 0 saturated carbocycles. The number of aromatic hydroxyl groups is 1. The van der Waals surface area contributed by atoms with Crippen molar-refractivity contribution < 1.29 is 34.1 Å². The summed E-state index contributed by atoms with van der Waals surface area (Å²) in [5.74, 6) is -0.929. The van der Waals surface area contributed by atoms with Crippen LogP contribution in [0.3, 0.4) is 0 Å². The van der Waals surface area contributed by atoms with E-state index in [1.807, 2.05) is 0 Å². The number of phenols is 1. The molecule has 2 aromatic carbocycles. The van der Waals surface area contributed by atoms with E-state index in [4.69, 9.17) is 9.47 Å². The molecule has 1 atom stereocenters. The summed E-state index contributed by atoms with van der Waals surface area (Å²) in [5.41, 5.74) is 1.58. The fourth-order valence-corrected chi connectivity index (χ4v) is 3.88. The molecule has 1 aliphatic heterocycles. The summed E-state index contributed by atoms with van der Waals surface area (Å²) in [6.45, 7) is 3.40. The van der Waals surface area contributed by atoms with Gasteiger partial charge in [0.1, 0.15) is 5.75 Å². The predicted molar refractivity (Wildman–Crippen MR) is 117 cm³/mol. The zero-order valence-electron chi connectivity index (χ0n) is 17.1. The first kappa shape index (κ1) is 22.2. The molecule has 31 heavy (non-hydrogen) atoms. The van der Waals surface area contributed by atoms with Gasteiger partial charge in [-0.1, -0.05) is 13.0 Å². The Kier molecular flexibility index (Phi) is 6.55. The number of carboxylic acid groups (broad SMARTS) is 1. The van der Waals surface area contributed by atoms with Crippen LogP contribution in [-0.2, 0) is 9.59 Å². The first-order valence-electron chi connectivity index (χ1n) is 9.40. The number of hydrogen-bond acceptors (Lipinski definition) is 7. The van der Waals surface area contributed by atoms with Gasteiger partial charge in [0.2, 0.25) is 0 Å². The molecule has 2 amide bonds. The summed E-state index contributed by atoms with van der Waals surface area (Å²) in [6.07, 6.45) is 0.829. The second-order valence-corrected chi connectivity index (χ2v) is 7.74. The maximum Gasteiger partial charge on any atom is 0.344 e. The summed E-state index contributed by atoms with van der Waals surface area (Å²) >= 11 is 0.806. The lowest BCUT2D eigenvalue weighted by atomic mass is 10.1. The van der Waals surface area contributed by atoms with Gasteiger partial charge < -0.3 is 19.7 Å². The molecular formula is C22H21NO7S. The Labute approximate surface area is 183 Å². The lowest BCUT2D eigenvalue weighted by molar-refractivity contribution is -0.145. The maximum absolute atomic E-state index is 12.9. The number of methoxy groups -OCH3 is 1. The number of anilines is 1. The quantitative estimate of drug-likeness (QED) is 0.613. The average molecular weight is 443 g/mol. The first-order chi connectivity index (χ1) is 14.7. The van der Waals surface area contributed by atoms with E-state index in [0.29, 0.717) is 22.6 Å². The number of thioether (sulfide) groups is 1. The Bertz CT molecular complexity index is 1080. The molecule has 0 aromatic heterocycles. The fraction of sp³-hybridized carbons (Fsp3) is 0.227. The Morgan fingerprint density at radius 2 is 1.94 bits per heavy atom. The molecule has 162 valence electrons. The third kappa shape index (κ3) is 4.66. The molecule has 0 bridgehead atoms. The number of carbonyl (C=O) groups is 3. The van der Waals surface area contributed by atoms with Crippen LogP contribution < -0.4 is 14.4 Å². The molecule has 9 heteroatoms. The van der Waals surface area contributed by atoms with Gasteiger partial charge >= 0.3 is 5.97 Å². The number of imide groups is 1. The molecule has 0 spiro atoms. The number of ether oxygens (including phenoxy) is 2. The molecule has 1 unspecified atom stereocenters. The van der Waals surface area contributed by atoms with E-state index in [0.717, 1.165) is 16.7 Å². The van der Waals surface area contributed by atoms with Crippen molar-refractivity contribution in [1.82, 2.24) is 0 Å². The topological polar surface area (TPSA) is 113 Å². The van der Waals surface area contributed by atoms with Crippen LogP contribution in [0.2, 0.25) is 0 Å². The van der Waals surface area contributed by atoms with Crippen molar-refractivity contribution in [1.29, 1.82) is 0 Å². The first-order valence-corrected chi connectivity index (χ1v) is 10.2. The highest BCUT2D eigenvalue weighted by molar-refractivity contribution is 8.19. The highest BCUT2D eigenvalue weighted by atomic mass is 32.2. The smallest absolute Gasteiger partial charge is 0.344 e. The Morgan fingerprint density at radius 1 is 1.19 bits per heavy atom. The summed E-state index contributed by atoms with van der Waals surface area (Å²) in [6, 6.07) is 9.22. The van der Waals surface area contributed by atoms with Gasteiger partial charge in [0.15, 0.2) is 17.6 Å². The number of benzene rings is 2. The van der Waals surface area contributed by atoms with Crippen LogP contribution in [-0.4, -0.2) is 40.5 Å². The molecule has 8 nitrogen and oxygen atoms in total. The normalized spacial score (nSPS) is 16.0. The Hall–Kier alpha value is -3.46. The molecule has 3 rings (SSSR count). The van der Waals surface area contributed by atoms with Crippen LogP contribution in [0.15, 0.2) is 41.3 Å². The number of carbonyl (C=O) groups excluding carboxylic acids is 2. The zero-order chi connectivity index (χ0) is 22.7. The molecule has 1 aliphatic rings. The van der Waals surface area contributed by atoms with E-state index in [2.05, 4.69) is 0 Å². The summed E-state index contributed by atoms with van der Waals surface area (Å²) in [7, 11) is 1.43. The zero-order valence-corrected chi connectivity index (χ0v) is 17.9. The standard InChI is InChI=1S/C22H21NO7S/c1-4-16(21(26)27)30-17-8-5-13(10-18(17)29-3)11-19-20(25)23(22(28)31-19)15-7-6-14(24)9-12(15)2/h5-11,16,24H,4H2,1-3H3,(H,26,27)/b19-11+. The molecule has 0 radical (unpaired) electrons. The number of aryl methyl sites for hydroxylation is 1. The van der Waals surface area contributed by atoms with Gasteiger partial charge in [-0.3, -0.25) is 9.59 Å². The van der Waals surface area contributed by atoms with Gasteiger partial charge in [-0.05, 0) is 72.6 Å². The fourth-order valence-electron chi connectivity index (χ4n) is 3.05. The van der Waals surface area contributed by atoms with Gasteiger partial charge in [0.05, 0.1) is 17.7 Å². The Balaban J connectivity index is 1.88. The van der Waals surface area contributed by atoms with Crippen LogP contribution in [0.5, 0.6) is 17.2 Å². The number of aliphatic carboxylic acids is 1. The van der Waals surface area contributed by atoms with Gasteiger partial charge in [-0.2, -0.15) is 0 Å². The lowest BCUT2D eigenvalue weighted by Gasteiger charge is -2.16. The minimum absolute atomic E-state index is 0.0476. The average Bonchev–Trinajstić information content (AvgIpc) is 2.99. The Morgan fingerprint density at radius 3 is 2.55 bits per heavy atom. The molecule has 1 fully saturated rings. The molecule has 1 heterocycles. The van der Waals surface area contributed by atoms with E-state index in [9.17, 15) is 24.6 Å². The largest absolute Gasteiger partial charge is 0.508 e.